The summed E-state index contributed by atoms with van der Waals surface area (Å²) in [7, 11) is 0. The molecule has 1 amide bonds. The Morgan fingerprint density at radius 3 is 2.88 bits per heavy atom. The molecule has 1 fully saturated rings. The van der Waals surface area contributed by atoms with E-state index >= 15 is 0 Å². The van der Waals surface area contributed by atoms with Crippen molar-refractivity contribution in [1.29, 1.82) is 0 Å². The molecular formula is C12H20N4O. The number of hydrogen-bond donors (Lipinski definition) is 1. The van der Waals surface area contributed by atoms with Crippen LogP contribution in [0.2, 0.25) is 0 Å². The molecule has 2 rings (SSSR count). The quantitative estimate of drug-likeness (QED) is 0.809. The van der Waals surface area contributed by atoms with Gasteiger partial charge in [-0.25, -0.2) is 0 Å². The molecule has 1 saturated heterocycles. The van der Waals surface area contributed by atoms with E-state index < -0.39 is 0 Å². The molecule has 0 saturated carbocycles. The summed E-state index contributed by atoms with van der Waals surface area (Å²) < 4.78 is 1.86. The first-order chi connectivity index (χ1) is 8.27. The van der Waals surface area contributed by atoms with Crippen LogP contribution in [0.5, 0.6) is 0 Å². The normalized spacial score (nSPS) is 17.4. The number of carbonyl (C=O) groups is 1. The van der Waals surface area contributed by atoms with E-state index in [-0.39, 0.29) is 11.9 Å². The number of carbonyl (C=O) groups excluding carboxylic acids is 1. The standard InChI is InChI=1S/C12H20N4O/c1-11(12(17)15-7-2-3-8-15)13-6-10-16-9-4-5-14-16/h4-5,9,11,13H,2-3,6-8,10H2,1H3/t11-/m1/s1. The highest BCUT2D eigenvalue weighted by Crippen LogP contribution is 2.08. The van der Waals surface area contributed by atoms with E-state index in [2.05, 4.69) is 10.4 Å². The van der Waals surface area contributed by atoms with Gasteiger partial charge in [-0.3, -0.25) is 9.48 Å². The number of hydrogen-bond acceptors (Lipinski definition) is 3. The van der Waals surface area contributed by atoms with Gasteiger partial charge in [-0.2, -0.15) is 5.10 Å². The minimum absolute atomic E-state index is 0.0938. The smallest absolute Gasteiger partial charge is 0.239 e. The van der Waals surface area contributed by atoms with Crippen molar-refractivity contribution in [3.63, 3.8) is 0 Å². The number of nitrogens with zero attached hydrogens (tertiary/aromatic N) is 3. The molecule has 1 aromatic heterocycles. The zero-order valence-corrected chi connectivity index (χ0v) is 10.3. The van der Waals surface area contributed by atoms with Crippen molar-refractivity contribution in [3.05, 3.63) is 18.5 Å². The summed E-state index contributed by atoms with van der Waals surface area (Å²) in [5.41, 5.74) is 0. The predicted octanol–water partition coefficient (Wildman–Crippen LogP) is 0.484. The first-order valence-corrected chi connectivity index (χ1v) is 6.27. The Labute approximate surface area is 102 Å². The van der Waals surface area contributed by atoms with Gasteiger partial charge >= 0.3 is 0 Å². The third-order valence-corrected chi connectivity index (χ3v) is 3.14. The third-order valence-electron chi connectivity index (χ3n) is 3.14. The van der Waals surface area contributed by atoms with E-state index in [9.17, 15) is 4.79 Å². The fourth-order valence-electron chi connectivity index (χ4n) is 2.13. The van der Waals surface area contributed by atoms with Crippen LogP contribution in [-0.4, -0.2) is 46.3 Å². The van der Waals surface area contributed by atoms with Crippen LogP contribution in [-0.2, 0) is 11.3 Å². The fraction of sp³-hybridized carbons (Fsp3) is 0.667. The maximum atomic E-state index is 12.0. The monoisotopic (exact) mass is 236 g/mol. The van der Waals surface area contributed by atoms with Gasteiger partial charge in [0.1, 0.15) is 0 Å². The average molecular weight is 236 g/mol. The molecule has 1 aromatic rings. The number of likely N-dealkylation sites (tertiary alicyclic amines) is 1. The molecule has 0 spiro atoms. The lowest BCUT2D eigenvalue weighted by molar-refractivity contribution is -0.131. The van der Waals surface area contributed by atoms with Crippen LogP contribution in [0, 0.1) is 0 Å². The molecule has 0 aromatic carbocycles. The zero-order valence-electron chi connectivity index (χ0n) is 10.3. The Bertz CT molecular complexity index is 343. The maximum Gasteiger partial charge on any atom is 0.239 e. The van der Waals surface area contributed by atoms with Crippen LogP contribution in [0.1, 0.15) is 19.8 Å². The van der Waals surface area contributed by atoms with Crippen molar-refractivity contribution in [2.45, 2.75) is 32.4 Å². The van der Waals surface area contributed by atoms with Crippen LogP contribution in [0.15, 0.2) is 18.5 Å². The van der Waals surface area contributed by atoms with Gasteiger partial charge < -0.3 is 10.2 Å². The van der Waals surface area contributed by atoms with E-state index in [0.717, 1.165) is 39.0 Å². The third kappa shape index (κ3) is 3.30. The molecule has 1 aliphatic rings. The number of rotatable bonds is 5. The Kier molecular flexibility index (Phi) is 4.14. The van der Waals surface area contributed by atoms with Crippen LogP contribution in [0.4, 0.5) is 0 Å². The lowest BCUT2D eigenvalue weighted by Gasteiger charge is -2.21. The molecule has 1 N–H and O–H groups in total. The van der Waals surface area contributed by atoms with Crippen molar-refractivity contribution >= 4 is 5.91 Å². The zero-order chi connectivity index (χ0) is 12.1. The van der Waals surface area contributed by atoms with Gasteiger partial charge in [0.05, 0.1) is 12.6 Å². The molecule has 5 nitrogen and oxygen atoms in total. The van der Waals surface area contributed by atoms with Gasteiger partial charge in [0.2, 0.25) is 5.91 Å². The van der Waals surface area contributed by atoms with E-state index in [1.807, 2.05) is 28.8 Å². The molecule has 2 heterocycles. The highest BCUT2D eigenvalue weighted by Gasteiger charge is 2.22. The second-order valence-corrected chi connectivity index (χ2v) is 4.48. The minimum Gasteiger partial charge on any atom is -0.341 e. The Morgan fingerprint density at radius 1 is 1.47 bits per heavy atom. The summed E-state index contributed by atoms with van der Waals surface area (Å²) in [6.45, 7) is 5.34. The molecule has 0 bridgehead atoms. The lowest BCUT2D eigenvalue weighted by atomic mass is 10.3. The molecular weight excluding hydrogens is 216 g/mol. The largest absolute Gasteiger partial charge is 0.341 e. The van der Waals surface area contributed by atoms with Crippen molar-refractivity contribution in [2.75, 3.05) is 19.6 Å². The van der Waals surface area contributed by atoms with Gasteiger partial charge in [0.15, 0.2) is 0 Å². The first kappa shape index (κ1) is 12.1. The predicted molar refractivity (Wildman–Crippen MR) is 65.5 cm³/mol. The van der Waals surface area contributed by atoms with Crippen LogP contribution >= 0.6 is 0 Å². The van der Waals surface area contributed by atoms with Crippen molar-refractivity contribution in [1.82, 2.24) is 20.0 Å². The highest BCUT2D eigenvalue weighted by atomic mass is 16.2. The molecule has 0 unspecified atom stereocenters. The number of nitrogens with one attached hydrogen (secondary N) is 1. The molecule has 17 heavy (non-hydrogen) atoms. The number of amides is 1. The SMILES string of the molecule is C[C@@H](NCCn1cccn1)C(=O)N1CCCC1. The van der Waals surface area contributed by atoms with Crippen LogP contribution in [0.25, 0.3) is 0 Å². The summed E-state index contributed by atoms with van der Waals surface area (Å²) in [6, 6.07) is 1.81. The number of aromatic nitrogens is 2. The van der Waals surface area contributed by atoms with E-state index in [4.69, 9.17) is 0 Å². The summed E-state index contributed by atoms with van der Waals surface area (Å²) in [5.74, 6) is 0.225. The molecule has 1 atom stereocenters. The van der Waals surface area contributed by atoms with Gasteiger partial charge in [-0.15, -0.1) is 0 Å². The molecule has 0 aliphatic carbocycles. The first-order valence-electron chi connectivity index (χ1n) is 6.27. The second-order valence-electron chi connectivity index (χ2n) is 4.48. The van der Waals surface area contributed by atoms with Gasteiger partial charge in [-0.05, 0) is 25.8 Å². The summed E-state index contributed by atoms with van der Waals surface area (Å²) in [5, 5.41) is 7.36. The molecule has 5 heteroatoms. The maximum absolute atomic E-state index is 12.0. The van der Waals surface area contributed by atoms with Gasteiger partial charge in [-0.1, -0.05) is 0 Å². The minimum atomic E-state index is -0.0938. The summed E-state index contributed by atoms with van der Waals surface area (Å²) in [4.78, 5) is 13.9. The topological polar surface area (TPSA) is 50.2 Å². The van der Waals surface area contributed by atoms with Crippen LogP contribution < -0.4 is 5.32 Å². The average Bonchev–Trinajstić information content (AvgIpc) is 3.00. The Morgan fingerprint density at radius 2 is 2.24 bits per heavy atom. The Hall–Kier alpha value is -1.36. The fourth-order valence-corrected chi connectivity index (χ4v) is 2.13. The summed E-state index contributed by atoms with van der Waals surface area (Å²) in [6.07, 6.45) is 5.98. The molecule has 94 valence electrons. The summed E-state index contributed by atoms with van der Waals surface area (Å²) >= 11 is 0. The van der Waals surface area contributed by atoms with E-state index in [0.29, 0.717) is 0 Å². The van der Waals surface area contributed by atoms with E-state index in [1.165, 1.54) is 0 Å². The van der Waals surface area contributed by atoms with E-state index in [1.54, 1.807) is 6.20 Å². The molecule has 1 aliphatic heterocycles. The highest BCUT2D eigenvalue weighted by molar-refractivity contribution is 5.81. The van der Waals surface area contributed by atoms with Crippen molar-refractivity contribution < 1.29 is 4.79 Å². The van der Waals surface area contributed by atoms with Crippen LogP contribution in [0.3, 0.4) is 0 Å². The second kappa shape index (κ2) is 5.82. The molecule has 0 radical (unpaired) electrons. The lowest BCUT2D eigenvalue weighted by Crippen LogP contribution is -2.44. The van der Waals surface area contributed by atoms with Gasteiger partial charge in [0, 0.05) is 32.0 Å². The van der Waals surface area contributed by atoms with Crippen molar-refractivity contribution in [2.24, 2.45) is 0 Å². The van der Waals surface area contributed by atoms with Crippen molar-refractivity contribution in [3.8, 4) is 0 Å². The van der Waals surface area contributed by atoms with Gasteiger partial charge in [0.25, 0.3) is 0 Å². The Balaban J connectivity index is 1.69.